The van der Waals surface area contributed by atoms with Crippen molar-refractivity contribution in [3.63, 3.8) is 0 Å². The minimum Gasteiger partial charge on any atom is -0.481 e. The van der Waals surface area contributed by atoms with E-state index in [1.807, 2.05) is 11.5 Å². The van der Waals surface area contributed by atoms with Crippen LogP contribution in [0.4, 0.5) is 0 Å². The van der Waals surface area contributed by atoms with Crippen LogP contribution in [0.3, 0.4) is 0 Å². The van der Waals surface area contributed by atoms with Crippen LogP contribution in [-0.2, 0) is 11.2 Å². The summed E-state index contributed by atoms with van der Waals surface area (Å²) in [6.07, 6.45) is 0.892. The van der Waals surface area contributed by atoms with Gasteiger partial charge >= 0.3 is 5.97 Å². The lowest BCUT2D eigenvalue weighted by Gasteiger charge is -2.16. The molecule has 0 aliphatic heterocycles. The van der Waals surface area contributed by atoms with E-state index in [9.17, 15) is 4.79 Å². The molecule has 0 saturated carbocycles. The van der Waals surface area contributed by atoms with Gasteiger partial charge in [0, 0.05) is 6.04 Å². The lowest BCUT2D eigenvalue weighted by atomic mass is 10.1. The van der Waals surface area contributed by atoms with Gasteiger partial charge in [-0.25, -0.2) is 0 Å². The second-order valence-electron chi connectivity index (χ2n) is 4.27. The molecule has 0 spiro atoms. The number of hydrogen-bond donors (Lipinski definition) is 1. The molecule has 2 heterocycles. The van der Waals surface area contributed by atoms with Crippen LogP contribution in [-0.4, -0.2) is 31.6 Å². The average molecular weight is 297 g/mol. The fourth-order valence-electron chi connectivity index (χ4n) is 1.92. The minimum absolute atomic E-state index is 0.00328. The number of carbonyl (C=O) groups is 1. The standard InChI is InChI=1S/C12H15N3O2S2/c1-8(5-10-3-4-18-6-10)15-9(2)13-14-12(15)19-7-11(16)17/h3-4,6,8H,5,7H2,1-2H3,(H,16,17). The molecule has 0 saturated heterocycles. The molecule has 0 bridgehead atoms. The summed E-state index contributed by atoms with van der Waals surface area (Å²) in [4.78, 5) is 10.6. The summed E-state index contributed by atoms with van der Waals surface area (Å²) < 4.78 is 2.01. The Labute approximate surface area is 119 Å². The number of thiophene rings is 1. The lowest BCUT2D eigenvalue weighted by Crippen LogP contribution is -2.12. The number of carboxylic acid groups (broad SMARTS) is 1. The third kappa shape index (κ3) is 3.57. The highest BCUT2D eigenvalue weighted by Gasteiger charge is 2.16. The molecule has 1 N–H and O–H groups in total. The zero-order valence-corrected chi connectivity index (χ0v) is 12.4. The van der Waals surface area contributed by atoms with Crippen LogP contribution in [0, 0.1) is 6.92 Å². The molecule has 1 unspecified atom stereocenters. The van der Waals surface area contributed by atoms with Crippen molar-refractivity contribution in [3.05, 3.63) is 28.2 Å². The second-order valence-corrected chi connectivity index (χ2v) is 5.99. The number of hydrogen-bond acceptors (Lipinski definition) is 5. The smallest absolute Gasteiger partial charge is 0.313 e. The van der Waals surface area contributed by atoms with Crippen molar-refractivity contribution >= 4 is 29.1 Å². The van der Waals surface area contributed by atoms with Crippen molar-refractivity contribution in [2.24, 2.45) is 0 Å². The van der Waals surface area contributed by atoms with Crippen LogP contribution in [0.2, 0.25) is 0 Å². The van der Waals surface area contributed by atoms with E-state index in [2.05, 4.69) is 33.9 Å². The van der Waals surface area contributed by atoms with Crippen molar-refractivity contribution < 1.29 is 9.90 Å². The molecule has 7 heteroatoms. The molecule has 0 aliphatic carbocycles. The van der Waals surface area contributed by atoms with Crippen LogP contribution in [0.1, 0.15) is 24.4 Å². The van der Waals surface area contributed by atoms with Gasteiger partial charge in [-0.05, 0) is 42.7 Å². The molecule has 1 atom stereocenters. The number of rotatable bonds is 6. The third-order valence-corrected chi connectivity index (χ3v) is 4.37. The Kier molecular flexibility index (Phi) is 4.60. The molecular formula is C12H15N3O2S2. The summed E-state index contributed by atoms with van der Waals surface area (Å²) in [6.45, 7) is 3.99. The number of aromatic nitrogens is 3. The maximum atomic E-state index is 10.6. The summed E-state index contributed by atoms with van der Waals surface area (Å²) >= 11 is 2.89. The van der Waals surface area contributed by atoms with Crippen molar-refractivity contribution in [2.75, 3.05) is 5.75 Å². The molecule has 0 aliphatic rings. The van der Waals surface area contributed by atoms with Crippen LogP contribution in [0.5, 0.6) is 0 Å². The van der Waals surface area contributed by atoms with Crippen LogP contribution < -0.4 is 0 Å². The van der Waals surface area contributed by atoms with Crippen LogP contribution >= 0.6 is 23.1 Å². The van der Waals surface area contributed by atoms with Crippen LogP contribution in [0.15, 0.2) is 22.0 Å². The first-order chi connectivity index (χ1) is 9.08. The van der Waals surface area contributed by atoms with Crippen molar-refractivity contribution in [2.45, 2.75) is 31.5 Å². The number of aliphatic carboxylic acids is 1. The number of aryl methyl sites for hydroxylation is 1. The Bertz CT molecular complexity index is 551. The number of carboxylic acids is 1. The minimum atomic E-state index is -0.845. The van der Waals surface area contributed by atoms with E-state index in [-0.39, 0.29) is 11.8 Å². The van der Waals surface area contributed by atoms with Gasteiger partial charge in [-0.1, -0.05) is 11.8 Å². The van der Waals surface area contributed by atoms with Gasteiger partial charge in [0.2, 0.25) is 0 Å². The zero-order chi connectivity index (χ0) is 13.8. The Morgan fingerprint density at radius 1 is 1.58 bits per heavy atom. The van der Waals surface area contributed by atoms with Gasteiger partial charge in [0.1, 0.15) is 5.82 Å². The summed E-state index contributed by atoms with van der Waals surface area (Å²) in [5.74, 6) is -0.0261. The predicted molar refractivity (Wildman–Crippen MR) is 75.9 cm³/mol. The summed E-state index contributed by atoms with van der Waals surface area (Å²) in [7, 11) is 0. The molecule has 0 amide bonds. The molecule has 2 aromatic rings. The van der Waals surface area contributed by atoms with E-state index < -0.39 is 5.97 Å². The Morgan fingerprint density at radius 3 is 3.00 bits per heavy atom. The monoisotopic (exact) mass is 297 g/mol. The SMILES string of the molecule is Cc1nnc(SCC(=O)O)n1C(C)Cc1ccsc1. The van der Waals surface area contributed by atoms with Crippen molar-refractivity contribution in [1.29, 1.82) is 0 Å². The summed E-state index contributed by atoms with van der Waals surface area (Å²) in [5.41, 5.74) is 1.28. The van der Waals surface area contributed by atoms with Gasteiger partial charge in [-0.15, -0.1) is 10.2 Å². The Balaban J connectivity index is 2.13. The summed E-state index contributed by atoms with van der Waals surface area (Å²) in [6, 6.07) is 2.31. The van der Waals surface area contributed by atoms with Gasteiger partial charge < -0.3 is 9.67 Å². The zero-order valence-electron chi connectivity index (χ0n) is 10.7. The Morgan fingerprint density at radius 2 is 2.37 bits per heavy atom. The van der Waals surface area contributed by atoms with Gasteiger partial charge in [0.15, 0.2) is 5.16 Å². The maximum absolute atomic E-state index is 10.6. The Hall–Kier alpha value is -1.34. The average Bonchev–Trinajstić information content (AvgIpc) is 2.96. The highest BCUT2D eigenvalue weighted by molar-refractivity contribution is 7.99. The van der Waals surface area contributed by atoms with Gasteiger partial charge in [-0.3, -0.25) is 4.79 Å². The van der Waals surface area contributed by atoms with E-state index in [0.717, 1.165) is 12.2 Å². The molecule has 0 aromatic carbocycles. The highest BCUT2D eigenvalue weighted by atomic mass is 32.2. The fourth-order valence-corrected chi connectivity index (χ4v) is 3.41. The first-order valence-electron chi connectivity index (χ1n) is 5.85. The predicted octanol–water partition coefficient (Wildman–Crippen LogP) is 2.63. The molecule has 19 heavy (non-hydrogen) atoms. The van der Waals surface area contributed by atoms with Crippen molar-refractivity contribution in [3.8, 4) is 0 Å². The largest absolute Gasteiger partial charge is 0.481 e. The third-order valence-electron chi connectivity index (χ3n) is 2.71. The lowest BCUT2D eigenvalue weighted by molar-refractivity contribution is -0.133. The fraction of sp³-hybridized carbons (Fsp3) is 0.417. The van der Waals surface area contributed by atoms with Gasteiger partial charge in [0.05, 0.1) is 5.75 Å². The number of thioether (sulfide) groups is 1. The molecule has 0 fully saturated rings. The van der Waals surface area contributed by atoms with E-state index in [1.54, 1.807) is 11.3 Å². The van der Waals surface area contributed by atoms with Crippen LogP contribution in [0.25, 0.3) is 0 Å². The molecule has 5 nitrogen and oxygen atoms in total. The first-order valence-corrected chi connectivity index (χ1v) is 7.78. The van der Waals surface area contributed by atoms with Gasteiger partial charge in [-0.2, -0.15) is 11.3 Å². The quantitative estimate of drug-likeness (QED) is 0.830. The van der Waals surface area contributed by atoms with E-state index in [4.69, 9.17) is 5.11 Å². The highest BCUT2D eigenvalue weighted by Crippen LogP contribution is 2.24. The summed E-state index contributed by atoms with van der Waals surface area (Å²) in [5, 5.41) is 21.7. The van der Waals surface area contributed by atoms with Gasteiger partial charge in [0.25, 0.3) is 0 Å². The molecule has 0 radical (unpaired) electrons. The number of nitrogens with zero attached hydrogens (tertiary/aromatic N) is 3. The maximum Gasteiger partial charge on any atom is 0.313 e. The molecule has 102 valence electrons. The second kappa shape index (κ2) is 6.21. The van der Waals surface area contributed by atoms with E-state index in [1.165, 1.54) is 17.3 Å². The molecular weight excluding hydrogens is 282 g/mol. The topological polar surface area (TPSA) is 68.0 Å². The van der Waals surface area contributed by atoms with Crippen molar-refractivity contribution in [1.82, 2.24) is 14.8 Å². The first kappa shape index (κ1) is 14.1. The van der Waals surface area contributed by atoms with E-state index >= 15 is 0 Å². The normalized spacial score (nSPS) is 12.5. The molecule has 2 rings (SSSR count). The molecule has 2 aromatic heterocycles. The van der Waals surface area contributed by atoms with E-state index in [0.29, 0.717) is 5.16 Å².